The average molecular weight is 499 g/mol. The first kappa shape index (κ1) is 24.2. The molecule has 0 saturated carbocycles. The predicted octanol–water partition coefficient (Wildman–Crippen LogP) is 5.50. The number of carbonyl (C=O) groups excluding carboxylic acids is 1. The van der Waals surface area contributed by atoms with Gasteiger partial charge in [-0.2, -0.15) is 5.10 Å². The standard InChI is InChI=1S/C30H38N6O/c1-20(2)28-25-16-23(22-9-13-35(14-10-22)27(37)18-34-11-5-4-6-12-34)7-8-26(25)33-29(28)24-15-21(3)30-31-19-32-36(30)17-24/h7-8,15-17,19-20,22,33H,4-6,9-14,18H2,1-3H3. The van der Waals surface area contributed by atoms with Crippen molar-refractivity contribution in [1.29, 1.82) is 0 Å². The van der Waals surface area contributed by atoms with Crippen LogP contribution in [0.15, 0.2) is 36.8 Å². The molecular formula is C30H38N6O. The monoisotopic (exact) mass is 498 g/mol. The molecule has 3 aromatic heterocycles. The van der Waals surface area contributed by atoms with Gasteiger partial charge in [0.2, 0.25) is 5.91 Å². The minimum absolute atomic E-state index is 0.313. The maximum atomic E-state index is 12.9. The lowest BCUT2D eigenvalue weighted by atomic mass is 9.87. The Morgan fingerprint density at radius 3 is 2.62 bits per heavy atom. The van der Waals surface area contributed by atoms with Crippen LogP contribution in [0.3, 0.4) is 0 Å². The fraction of sp³-hybridized carbons (Fsp3) is 0.500. The predicted molar refractivity (Wildman–Crippen MR) is 148 cm³/mol. The van der Waals surface area contributed by atoms with Gasteiger partial charge >= 0.3 is 0 Å². The number of nitrogens with zero attached hydrogens (tertiary/aromatic N) is 5. The minimum Gasteiger partial charge on any atom is -0.354 e. The Morgan fingerprint density at radius 2 is 1.86 bits per heavy atom. The largest absolute Gasteiger partial charge is 0.354 e. The summed E-state index contributed by atoms with van der Waals surface area (Å²) in [6, 6.07) is 9.14. The summed E-state index contributed by atoms with van der Waals surface area (Å²) in [6.07, 6.45) is 9.51. The van der Waals surface area contributed by atoms with Gasteiger partial charge in [0.15, 0.2) is 5.65 Å². The van der Waals surface area contributed by atoms with Crippen molar-refractivity contribution in [2.24, 2.45) is 0 Å². The molecule has 6 rings (SSSR count). The van der Waals surface area contributed by atoms with Gasteiger partial charge < -0.3 is 9.88 Å². The Morgan fingerprint density at radius 1 is 1.08 bits per heavy atom. The SMILES string of the molecule is Cc1cc(-c2[nH]c3ccc(C4CCN(C(=O)CN5CCCCC5)CC4)cc3c2C(C)C)cn2ncnc12. The lowest BCUT2D eigenvalue weighted by molar-refractivity contribution is -0.133. The number of H-pyrrole nitrogens is 1. The molecule has 2 saturated heterocycles. The second-order valence-corrected chi connectivity index (χ2v) is 11.3. The first-order valence-electron chi connectivity index (χ1n) is 13.9. The number of nitrogens with one attached hydrogen (secondary N) is 1. The van der Waals surface area contributed by atoms with Crippen LogP contribution in [0.2, 0.25) is 0 Å². The number of aryl methyl sites for hydroxylation is 1. The molecule has 7 nitrogen and oxygen atoms in total. The van der Waals surface area contributed by atoms with Gasteiger partial charge in [0, 0.05) is 35.8 Å². The molecule has 194 valence electrons. The van der Waals surface area contributed by atoms with Gasteiger partial charge in [0.25, 0.3) is 0 Å². The fourth-order valence-electron chi connectivity index (χ4n) is 6.41. The van der Waals surface area contributed by atoms with Gasteiger partial charge in [0.1, 0.15) is 6.33 Å². The number of pyridine rings is 1. The quantitative estimate of drug-likeness (QED) is 0.394. The summed E-state index contributed by atoms with van der Waals surface area (Å²) in [5.74, 6) is 1.18. The zero-order chi connectivity index (χ0) is 25.5. The van der Waals surface area contributed by atoms with E-state index in [1.165, 1.54) is 47.0 Å². The maximum Gasteiger partial charge on any atom is 0.236 e. The van der Waals surface area contributed by atoms with Gasteiger partial charge in [-0.05, 0) is 92.4 Å². The van der Waals surface area contributed by atoms with E-state index < -0.39 is 0 Å². The summed E-state index contributed by atoms with van der Waals surface area (Å²) in [5, 5.41) is 5.69. The van der Waals surface area contributed by atoms with E-state index in [9.17, 15) is 4.79 Å². The summed E-state index contributed by atoms with van der Waals surface area (Å²) in [6.45, 7) is 11.1. The summed E-state index contributed by atoms with van der Waals surface area (Å²) < 4.78 is 1.87. The zero-order valence-corrected chi connectivity index (χ0v) is 22.3. The van der Waals surface area contributed by atoms with E-state index in [0.717, 1.165) is 55.8 Å². The van der Waals surface area contributed by atoms with E-state index >= 15 is 0 Å². The molecule has 0 atom stereocenters. The lowest BCUT2D eigenvalue weighted by Crippen LogP contribution is -2.45. The van der Waals surface area contributed by atoms with E-state index in [1.807, 2.05) is 4.52 Å². The van der Waals surface area contributed by atoms with E-state index in [-0.39, 0.29) is 0 Å². The Bertz CT molecular complexity index is 1420. The normalized spacial score (nSPS) is 17.9. The Balaban J connectivity index is 1.23. The third-order valence-electron chi connectivity index (χ3n) is 8.41. The number of rotatable bonds is 5. The van der Waals surface area contributed by atoms with E-state index in [1.54, 1.807) is 6.33 Å². The third kappa shape index (κ3) is 4.65. The topological polar surface area (TPSA) is 69.5 Å². The second kappa shape index (κ2) is 9.93. The average Bonchev–Trinajstić information content (AvgIpc) is 3.54. The van der Waals surface area contributed by atoms with Crippen LogP contribution in [0.25, 0.3) is 27.8 Å². The van der Waals surface area contributed by atoms with Crippen LogP contribution < -0.4 is 0 Å². The Kier molecular flexibility index (Phi) is 6.49. The van der Waals surface area contributed by atoms with Crippen LogP contribution in [0.4, 0.5) is 0 Å². The van der Waals surface area contributed by atoms with E-state index in [4.69, 9.17) is 0 Å². The first-order chi connectivity index (χ1) is 18.0. The summed E-state index contributed by atoms with van der Waals surface area (Å²) in [4.78, 5) is 25.4. The number of amides is 1. The van der Waals surface area contributed by atoms with Gasteiger partial charge in [-0.1, -0.05) is 26.3 Å². The summed E-state index contributed by atoms with van der Waals surface area (Å²) in [5.41, 5.74) is 8.24. The van der Waals surface area contributed by atoms with Crippen LogP contribution in [0, 0.1) is 6.92 Å². The van der Waals surface area contributed by atoms with Crippen LogP contribution in [0.1, 0.15) is 74.5 Å². The lowest BCUT2D eigenvalue weighted by Gasteiger charge is -2.34. The summed E-state index contributed by atoms with van der Waals surface area (Å²) >= 11 is 0. The molecule has 0 unspecified atom stereocenters. The highest BCUT2D eigenvalue weighted by Crippen LogP contribution is 2.38. The van der Waals surface area contributed by atoms with Crippen LogP contribution in [0.5, 0.6) is 0 Å². The smallest absolute Gasteiger partial charge is 0.236 e. The highest BCUT2D eigenvalue weighted by molar-refractivity contribution is 5.92. The van der Waals surface area contributed by atoms with Crippen molar-refractivity contribution in [3.05, 3.63) is 53.5 Å². The second-order valence-electron chi connectivity index (χ2n) is 11.3. The van der Waals surface area contributed by atoms with Gasteiger partial charge in [-0.15, -0.1) is 0 Å². The number of hydrogen-bond donors (Lipinski definition) is 1. The molecular weight excluding hydrogens is 460 g/mol. The highest BCUT2D eigenvalue weighted by atomic mass is 16.2. The van der Waals surface area contributed by atoms with Gasteiger partial charge in [-0.25, -0.2) is 9.50 Å². The number of carbonyl (C=O) groups is 1. The highest BCUT2D eigenvalue weighted by Gasteiger charge is 2.26. The van der Waals surface area contributed by atoms with Crippen molar-refractivity contribution >= 4 is 22.5 Å². The fourth-order valence-corrected chi connectivity index (χ4v) is 6.41. The zero-order valence-electron chi connectivity index (χ0n) is 22.3. The number of aromatic nitrogens is 4. The Labute approximate surface area is 218 Å². The third-order valence-corrected chi connectivity index (χ3v) is 8.41. The molecule has 4 aromatic rings. The molecule has 1 amide bonds. The molecule has 1 N–H and O–H groups in total. The summed E-state index contributed by atoms with van der Waals surface area (Å²) in [7, 11) is 0. The maximum absolute atomic E-state index is 12.9. The van der Waals surface area contributed by atoms with Crippen LogP contribution in [-0.4, -0.2) is 68.0 Å². The van der Waals surface area contributed by atoms with E-state index in [0.29, 0.717) is 24.3 Å². The molecule has 0 radical (unpaired) electrons. The van der Waals surface area contributed by atoms with Crippen molar-refractivity contribution < 1.29 is 4.79 Å². The van der Waals surface area contributed by atoms with Crippen LogP contribution in [-0.2, 0) is 4.79 Å². The molecule has 1 aromatic carbocycles. The molecule has 5 heterocycles. The first-order valence-corrected chi connectivity index (χ1v) is 13.9. The van der Waals surface area contributed by atoms with Crippen molar-refractivity contribution in [1.82, 2.24) is 29.4 Å². The van der Waals surface area contributed by atoms with Gasteiger partial charge in [0.05, 0.1) is 12.2 Å². The van der Waals surface area contributed by atoms with Gasteiger partial charge in [-0.3, -0.25) is 9.69 Å². The molecule has 7 heteroatoms. The molecule has 0 bridgehead atoms. The number of likely N-dealkylation sites (tertiary alicyclic amines) is 2. The molecule has 0 aliphatic carbocycles. The number of hydrogen-bond acceptors (Lipinski definition) is 4. The number of fused-ring (bicyclic) bond motifs is 2. The van der Waals surface area contributed by atoms with Crippen LogP contribution >= 0.6 is 0 Å². The number of benzene rings is 1. The van der Waals surface area contributed by atoms with E-state index in [2.05, 4.69) is 76.1 Å². The van der Waals surface area contributed by atoms with Crippen molar-refractivity contribution in [3.8, 4) is 11.3 Å². The molecule has 2 aliphatic rings. The van der Waals surface area contributed by atoms with Crippen molar-refractivity contribution in [2.75, 3.05) is 32.7 Å². The Hall–Kier alpha value is -3.19. The van der Waals surface area contributed by atoms with Crippen molar-refractivity contribution in [3.63, 3.8) is 0 Å². The molecule has 37 heavy (non-hydrogen) atoms. The van der Waals surface area contributed by atoms with Crippen molar-refractivity contribution in [2.45, 2.75) is 64.7 Å². The number of aromatic amines is 1. The molecule has 2 fully saturated rings. The number of piperidine rings is 2. The molecule has 2 aliphatic heterocycles. The molecule has 0 spiro atoms. The minimum atomic E-state index is 0.313.